The van der Waals surface area contributed by atoms with Crippen LogP contribution in [0.3, 0.4) is 0 Å². The number of carbonyl (C=O) groups excluding carboxylic acids is 2. The molecule has 0 radical (unpaired) electrons. The van der Waals surface area contributed by atoms with Crippen LogP contribution in [-0.4, -0.2) is 30.9 Å². The highest BCUT2D eigenvalue weighted by molar-refractivity contribution is 5.96. The fraction of sp³-hybridized carbons (Fsp3) is 0.500. The summed E-state index contributed by atoms with van der Waals surface area (Å²) in [5.74, 6) is 0.444. The molecule has 0 spiro atoms. The Kier molecular flexibility index (Phi) is 5.80. The first-order valence-electron chi connectivity index (χ1n) is 7.62. The molecule has 1 aliphatic heterocycles. The van der Waals surface area contributed by atoms with Crippen molar-refractivity contribution in [1.29, 1.82) is 0 Å². The molecule has 1 aliphatic carbocycles. The molecule has 1 atom stereocenters. The van der Waals surface area contributed by atoms with Gasteiger partial charge in [-0.3, -0.25) is 9.59 Å². The lowest BCUT2D eigenvalue weighted by molar-refractivity contribution is -0.116. The molecule has 2 fully saturated rings. The van der Waals surface area contributed by atoms with Gasteiger partial charge in [0.1, 0.15) is 0 Å². The molecule has 1 saturated carbocycles. The molecule has 1 unspecified atom stereocenters. The van der Waals surface area contributed by atoms with E-state index in [0.717, 1.165) is 38.0 Å². The zero-order valence-corrected chi connectivity index (χ0v) is 13.2. The summed E-state index contributed by atoms with van der Waals surface area (Å²) in [6, 6.07) is 7.44. The van der Waals surface area contributed by atoms with Crippen molar-refractivity contribution >= 4 is 29.9 Å². The second kappa shape index (κ2) is 7.61. The Bertz CT molecular complexity index is 523. The van der Waals surface area contributed by atoms with Crippen LogP contribution in [-0.2, 0) is 4.79 Å². The summed E-state index contributed by atoms with van der Waals surface area (Å²) in [6.45, 7) is 1.93. The summed E-state index contributed by atoms with van der Waals surface area (Å²) < 4.78 is 0. The molecule has 22 heavy (non-hydrogen) atoms. The number of amides is 2. The van der Waals surface area contributed by atoms with Gasteiger partial charge in [-0.05, 0) is 62.5 Å². The Morgan fingerprint density at radius 2 is 1.86 bits per heavy atom. The minimum Gasteiger partial charge on any atom is -0.349 e. The summed E-state index contributed by atoms with van der Waals surface area (Å²) >= 11 is 0. The molecule has 2 amide bonds. The number of carbonyl (C=O) groups is 2. The molecule has 3 rings (SSSR count). The summed E-state index contributed by atoms with van der Waals surface area (Å²) in [5, 5.41) is 9.09. The highest BCUT2D eigenvalue weighted by atomic mass is 35.5. The van der Waals surface area contributed by atoms with Crippen LogP contribution < -0.4 is 16.0 Å². The molecule has 1 heterocycles. The van der Waals surface area contributed by atoms with Crippen LogP contribution in [0.5, 0.6) is 0 Å². The first-order chi connectivity index (χ1) is 10.2. The third-order valence-corrected chi connectivity index (χ3v) is 3.98. The van der Waals surface area contributed by atoms with E-state index < -0.39 is 0 Å². The minimum absolute atomic E-state index is 0. The normalized spacial score (nSPS) is 20.1. The van der Waals surface area contributed by atoms with Crippen molar-refractivity contribution in [3.63, 3.8) is 0 Å². The number of anilines is 1. The zero-order valence-electron chi connectivity index (χ0n) is 12.4. The van der Waals surface area contributed by atoms with Crippen LogP contribution in [0.25, 0.3) is 0 Å². The standard InChI is InChI=1S/C16H21N3O2.ClH/c20-15(9-11-7-8-17-10-11)18-13-3-1-12(2-4-13)16(21)19-14-5-6-14;/h1-4,11,14,17H,5-10H2,(H,18,20)(H,19,21);1H. The number of hydrogen-bond donors (Lipinski definition) is 3. The van der Waals surface area contributed by atoms with E-state index in [1.165, 1.54) is 0 Å². The summed E-state index contributed by atoms with van der Waals surface area (Å²) in [5.41, 5.74) is 1.38. The monoisotopic (exact) mass is 323 g/mol. The summed E-state index contributed by atoms with van der Waals surface area (Å²) in [6.07, 6.45) is 3.77. The van der Waals surface area contributed by atoms with E-state index in [4.69, 9.17) is 0 Å². The number of halogens is 1. The van der Waals surface area contributed by atoms with Crippen LogP contribution in [0, 0.1) is 5.92 Å². The molecule has 1 saturated heterocycles. The minimum atomic E-state index is -0.0348. The quantitative estimate of drug-likeness (QED) is 0.775. The number of nitrogens with one attached hydrogen (secondary N) is 3. The fourth-order valence-corrected chi connectivity index (χ4v) is 2.56. The van der Waals surface area contributed by atoms with E-state index in [2.05, 4.69) is 16.0 Å². The maximum Gasteiger partial charge on any atom is 0.251 e. The Hall–Kier alpha value is -1.59. The number of benzene rings is 1. The van der Waals surface area contributed by atoms with Gasteiger partial charge >= 0.3 is 0 Å². The van der Waals surface area contributed by atoms with Crippen LogP contribution in [0.15, 0.2) is 24.3 Å². The summed E-state index contributed by atoms with van der Waals surface area (Å²) in [4.78, 5) is 23.8. The highest BCUT2D eigenvalue weighted by Crippen LogP contribution is 2.20. The van der Waals surface area contributed by atoms with Gasteiger partial charge < -0.3 is 16.0 Å². The van der Waals surface area contributed by atoms with Gasteiger partial charge in [0.15, 0.2) is 0 Å². The average molecular weight is 324 g/mol. The van der Waals surface area contributed by atoms with Gasteiger partial charge in [0.05, 0.1) is 0 Å². The van der Waals surface area contributed by atoms with Gasteiger partial charge in [-0.2, -0.15) is 0 Å². The molecular formula is C16H22ClN3O2. The Labute approximate surface area is 136 Å². The third kappa shape index (κ3) is 4.71. The molecule has 3 N–H and O–H groups in total. The predicted molar refractivity (Wildman–Crippen MR) is 88.4 cm³/mol. The van der Waals surface area contributed by atoms with E-state index in [0.29, 0.717) is 23.9 Å². The molecule has 0 bridgehead atoms. The van der Waals surface area contributed by atoms with Crippen molar-refractivity contribution in [2.24, 2.45) is 5.92 Å². The number of rotatable bonds is 5. The topological polar surface area (TPSA) is 70.2 Å². The number of hydrogen-bond acceptors (Lipinski definition) is 3. The average Bonchev–Trinajstić information content (AvgIpc) is 3.13. The molecule has 6 heteroatoms. The van der Waals surface area contributed by atoms with E-state index in [1.807, 2.05) is 0 Å². The van der Waals surface area contributed by atoms with Gasteiger partial charge in [-0.15, -0.1) is 12.4 Å². The molecule has 120 valence electrons. The van der Waals surface area contributed by atoms with Crippen LogP contribution in [0.4, 0.5) is 5.69 Å². The highest BCUT2D eigenvalue weighted by Gasteiger charge is 2.23. The SMILES string of the molecule is Cl.O=C(CC1CCNC1)Nc1ccc(C(=O)NC2CC2)cc1. The zero-order chi connectivity index (χ0) is 14.7. The van der Waals surface area contributed by atoms with Gasteiger partial charge in [0.25, 0.3) is 5.91 Å². The maximum atomic E-state index is 11.9. The van der Waals surface area contributed by atoms with Gasteiger partial charge in [-0.25, -0.2) is 0 Å². The molecule has 2 aliphatic rings. The second-order valence-corrected chi connectivity index (χ2v) is 5.94. The molecule has 1 aromatic carbocycles. The van der Waals surface area contributed by atoms with Gasteiger partial charge in [0, 0.05) is 23.7 Å². The first kappa shape index (κ1) is 16.8. The van der Waals surface area contributed by atoms with Crippen molar-refractivity contribution in [1.82, 2.24) is 10.6 Å². The predicted octanol–water partition coefficient (Wildman–Crippen LogP) is 1.94. The van der Waals surface area contributed by atoms with Crippen LogP contribution in [0.1, 0.15) is 36.0 Å². The lowest BCUT2D eigenvalue weighted by Gasteiger charge is -2.10. The van der Waals surface area contributed by atoms with Crippen LogP contribution in [0.2, 0.25) is 0 Å². The van der Waals surface area contributed by atoms with Gasteiger partial charge in [-0.1, -0.05) is 0 Å². The van der Waals surface area contributed by atoms with Crippen molar-refractivity contribution in [2.75, 3.05) is 18.4 Å². The molecule has 0 aromatic heterocycles. The van der Waals surface area contributed by atoms with Gasteiger partial charge in [0.2, 0.25) is 5.91 Å². The second-order valence-electron chi connectivity index (χ2n) is 5.94. The molecule has 1 aromatic rings. The lowest BCUT2D eigenvalue weighted by atomic mass is 10.0. The summed E-state index contributed by atoms with van der Waals surface area (Å²) in [7, 11) is 0. The van der Waals surface area contributed by atoms with Crippen molar-refractivity contribution in [2.45, 2.75) is 31.7 Å². The third-order valence-electron chi connectivity index (χ3n) is 3.98. The molecular weight excluding hydrogens is 302 g/mol. The first-order valence-corrected chi connectivity index (χ1v) is 7.62. The van der Waals surface area contributed by atoms with E-state index in [9.17, 15) is 9.59 Å². The Morgan fingerprint density at radius 3 is 2.45 bits per heavy atom. The van der Waals surface area contributed by atoms with E-state index in [1.54, 1.807) is 24.3 Å². The maximum absolute atomic E-state index is 11.9. The Morgan fingerprint density at radius 1 is 1.14 bits per heavy atom. The van der Waals surface area contributed by atoms with E-state index in [-0.39, 0.29) is 24.2 Å². The van der Waals surface area contributed by atoms with Crippen molar-refractivity contribution in [3.8, 4) is 0 Å². The lowest BCUT2D eigenvalue weighted by Crippen LogP contribution is -2.25. The van der Waals surface area contributed by atoms with Crippen molar-refractivity contribution < 1.29 is 9.59 Å². The smallest absolute Gasteiger partial charge is 0.251 e. The van der Waals surface area contributed by atoms with Crippen molar-refractivity contribution in [3.05, 3.63) is 29.8 Å². The molecule has 5 nitrogen and oxygen atoms in total. The fourth-order valence-electron chi connectivity index (χ4n) is 2.56. The van der Waals surface area contributed by atoms with Crippen LogP contribution >= 0.6 is 12.4 Å². The largest absolute Gasteiger partial charge is 0.349 e. The Balaban J connectivity index is 0.00000176. The van der Waals surface area contributed by atoms with E-state index >= 15 is 0 Å².